The molecule has 6 heteroatoms. The van der Waals surface area contributed by atoms with Crippen molar-refractivity contribution in [1.82, 2.24) is 9.97 Å². The summed E-state index contributed by atoms with van der Waals surface area (Å²) in [4.78, 5) is 7.56. The zero-order valence-electron chi connectivity index (χ0n) is 9.65. The summed E-state index contributed by atoms with van der Waals surface area (Å²) in [5.41, 5.74) is 0.348. The number of pyridine rings is 2. The standard InChI is InChI=1S/C13H8F3N3/c14-13(15,16)10-7-11(9-2-5-18-6-3-9)12(1-4-17)19-8-10/h2-3,5-8H,1H2. The number of rotatable bonds is 2. The Morgan fingerprint density at radius 2 is 1.89 bits per heavy atom. The summed E-state index contributed by atoms with van der Waals surface area (Å²) in [6.45, 7) is 0. The third-order valence-electron chi connectivity index (χ3n) is 2.54. The highest BCUT2D eigenvalue weighted by molar-refractivity contribution is 5.66. The highest BCUT2D eigenvalue weighted by Crippen LogP contribution is 2.32. The molecule has 2 aromatic heterocycles. The Morgan fingerprint density at radius 1 is 1.21 bits per heavy atom. The molecule has 0 fully saturated rings. The van der Waals surface area contributed by atoms with Gasteiger partial charge in [-0.15, -0.1) is 0 Å². The average molecular weight is 263 g/mol. The van der Waals surface area contributed by atoms with Crippen molar-refractivity contribution in [3.63, 3.8) is 0 Å². The summed E-state index contributed by atoms with van der Waals surface area (Å²) in [6, 6.07) is 6.06. The largest absolute Gasteiger partial charge is 0.417 e. The molecule has 2 aromatic rings. The number of aromatic nitrogens is 2. The van der Waals surface area contributed by atoms with Crippen molar-refractivity contribution >= 4 is 0 Å². The van der Waals surface area contributed by atoms with Crippen LogP contribution < -0.4 is 0 Å². The fourth-order valence-electron chi connectivity index (χ4n) is 1.65. The lowest BCUT2D eigenvalue weighted by atomic mass is 10.0. The maximum absolute atomic E-state index is 12.7. The summed E-state index contributed by atoms with van der Waals surface area (Å²) >= 11 is 0. The van der Waals surface area contributed by atoms with Crippen LogP contribution in [0.15, 0.2) is 36.8 Å². The van der Waals surface area contributed by atoms with E-state index < -0.39 is 11.7 Å². The fourth-order valence-corrected chi connectivity index (χ4v) is 1.65. The van der Waals surface area contributed by atoms with Gasteiger partial charge >= 0.3 is 6.18 Å². The first-order chi connectivity index (χ1) is 9.02. The Labute approximate surface area is 107 Å². The second-order valence-corrected chi connectivity index (χ2v) is 3.79. The van der Waals surface area contributed by atoms with Gasteiger partial charge in [-0.1, -0.05) is 0 Å². The quantitative estimate of drug-likeness (QED) is 0.835. The Balaban J connectivity index is 2.58. The van der Waals surface area contributed by atoms with E-state index in [-0.39, 0.29) is 6.42 Å². The molecule has 0 aliphatic rings. The maximum atomic E-state index is 12.7. The van der Waals surface area contributed by atoms with Crippen molar-refractivity contribution in [3.8, 4) is 17.2 Å². The molecule has 3 nitrogen and oxygen atoms in total. The molecule has 0 spiro atoms. The molecule has 0 amide bonds. The molecule has 0 aliphatic carbocycles. The van der Waals surface area contributed by atoms with Crippen molar-refractivity contribution in [1.29, 1.82) is 5.26 Å². The third-order valence-corrected chi connectivity index (χ3v) is 2.54. The Kier molecular flexibility index (Phi) is 3.47. The van der Waals surface area contributed by atoms with Crippen LogP contribution in [0.5, 0.6) is 0 Å². The zero-order valence-corrected chi connectivity index (χ0v) is 9.65. The first-order valence-corrected chi connectivity index (χ1v) is 5.36. The van der Waals surface area contributed by atoms with Crippen LogP contribution in [0.3, 0.4) is 0 Å². The van der Waals surface area contributed by atoms with E-state index in [1.807, 2.05) is 6.07 Å². The van der Waals surface area contributed by atoms with Crippen LogP contribution in [0.2, 0.25) is 0 Å². The molecule has 0 bridgehead atoms. The number of alkyl halides is 3. The molecule has 0 aliphatic heterocycles. The van der Waals surface area contributed by atoms with Crippen molar-refractivity contribution < 1.29 is 13.2 Å². The lowest BCUT2D eigenvalue weighted by molar-refractivity contribution is -0.137. The van der Waals surface area contributed by atoms with Gasteiger partial charge in [-0.2, -0.15) is 18.4 Å². The highest BCUT2D eigenvalue weighted by Gasteiger charge is 2.31. The molecule has 2 heterocycles. The Hall–Kier alpha value is -2.42. The molecule has 0 aromatic carbocycles. The predicted octanol–water partition coefficient (Wildman–Crippen LogP) is 3.23. The van der Waals surface area contributed by atoms with Crippen molar-refractivity contribution in [2.75, 3.05) is 0 Å². The SMILES string of the molecule is N#CCc1ncc(C(F)(F)F)cc1-c1ccncc1. The van der Waals surface area contributed by atoms with Gasteiger partial charge in [0.25, 0.3) is 0 Å². The van der Waals surface area contributed by atoms with Gasteiger partial charge in [0.05, 0.1) is 23.7 Å². The summed E-state index contributed by atoms with van der Waals surface area (Å²) in [5, 5.41) is 8.70. The summed E-state index contributed by atoms with van der Waals surface area (Å²) < 4.78 is 38.1. The van der Waals surface area contributed by atoms with E-state index in [0.29, 0.717) is 16.8 Å². The lowest BCUT2D eigenvalue weighted by Crippen LogP contribution is -2.07. The second-order valence-electron chi connectivity index (χ2n) is 3.79. The van der Waals surface area contributed by atoms with Gasteiger partial charge in [0, 0.05) is 24.2 Å². The van der Waals surface area contributed by atoms with Gasteiger partial charge < -0.3 is 0 Å². The number of nitriles is 1. The molecule has 19 heavy (non-hydrogen) atoms. The normalized spacial score (nSPS) is 11.1. The van der Waals surface area contributed by atoms with Gasteiger partial charge in [0.1, 0.15) is 0 Å². The van der Waals surface area contributed by atoms with E-state index in [1.165, 1.54) is 12.4 Å². The minimum atomic E-state index is -4.46. The van der Waals surface area contributed by atoms with E-state index in [0.717, 1.165) is 12.3 Å². The number of hydrogen-bond acceptors (Lipinski definition) is 3. The number of hydrogen-bond donors (Lipinski definition) is 0. The number of halogens is 3. The van der Waals surface area contributed by atoms with Gasteiger partial charge in [-0.05, 0) is 23.8 Å². The second kappa shape index (κ2) is 5.06. The van der Waals surface area contributed by atoms with Crippen molar-refractivity contribution in [2.45, 2.75) is 12.6 Å². The number of nitrogens with zero attached hydrogens (tertiary/aromatic N) is 3. The topological polar surface area (TPSA) is 49.6 Å². The molecule has 0 unspecified atom stereocenters. The third kappa shape index (κ3) is 2.88. The molecule has 2 rings (SSSR count). The minimum absolute atomic E-state index is 0.0458. The molecule has 0 saturated heterocycles. The summed E-state index contributed by atoms with van der Waals surface area (Å²) in [7, 11) is 0. The first kappa shape index (κ1) is 13.0. The van der Waals surface area contributed by atoms with Crippen LogP contribution in [0.25, 0.3) is 11.1 Å². The van der Waals surface area contributed by atoms with Gasteiger partial charge in [-0.25, -0.2) is 0 Å². The van der Waals surface area contributed by atoms with Crippen LogP contribution in [0.4, 0.5) is 13.2 Å². The molecule has 0 atom stereocenters. The molecule has 0 radical (unpaired) electrons. The fraction of sp³-hybridized carbons (Fsp3) is 0.154. The Bertz CT molecular complexity index is 615. The van der Waals surface area contributed by atoms with E-state index in [2.05, 4.69) is 9.97 Å². The smallest absolute Gasteiger partial charge is 0.265 e. The molecular formula is C13H8F3N3. The lowest BCUT2D eigenvalue weighted by Gasteiger charge is -2.11. The van der Waals surface area contributed by atoms with Crippen LogP contribution in [0, 0.1) is 11.3 Å². The van der Waals surface area contributed by atoms with Gasteiger partial charge in [0.15, 0.2) is 0 Å². The predicted molar refractivity (Wildman–Crippen MR) is 61.8 cm³/mol. The highest BCUT2D eigenvalue weighted by atomic mass is 19.4. The van der Waals surface area contributed by atoms with Gasteiger partial charge in [-0.3, -0.25) is 9.97 Å². The van der Waals surface area contributed by atoms with Crippen LogP contribution in [-0.4, -0.2) is 9.97 Å². The minimum Gasteiger partial charge on any atom is -0.265 e. The van der Waals surface area contributed by atoms with Crippen LogP contribution in [0.1, 0.15) is 11.3 Å². The molecule has 0 saturated carbocycles. The van der Waals surface area contributed by atoms with Crippen LogP contribution >= 0.6 is 0 Å². The van der Waals surface area contributed by atoms with Crippen molar-refractivity contribution in [3.05, 3.63) is 48.0 Å². The van der Waals surface area contributed by atoms with E-state index in [9.17, 15) is 13.2 Å². The molecule has 96 valence electrons. The van der Waals surface area contributed by atoms with Gasteiger partial charge in [0.2, 0.25) is 0 Å². The summed E-state index contributed by atoms with van der Waals surface area (Å²) in [6.07, 6.45) is -0.801. The van der Waals surface area contributed by atoms with Crippen LogP contribution in [-0.2, 0) is 12.6 Å². The summed E-state index contributed by atoms with van der Waals surface area (Å²) in [5.74, 6) is 0. The van der Waals surface area contributed by atoms with Crippen molar-refractivity contribution in [2.24, 2.45) is 0 Å². The first-order valence-electron chi connectivity index (χ1n) is 5.36. The zero-order chi connectivity index (χ0) is 13.9. The van der Waals surface area contributed by atoms with E-state index >= 15 is 0 Å². The monoisotopic (exact) mass is 263 g/mol. The average Bonchev–Trinajstić information content (AvgIpc) is 2.39. The van der Waals surface area contributed by atoms with E-state index in [4.69, 9.17) is 5.26 Å². The maximum Gasteiger partial charge on any atom is 0.417 e. The Morgan fingerprint density at radius 3 is 2.47 bits per heavy atom. The van der Waals surface area contributed by atoms with E-state index in [1.54, 1.807) is 12.1 Å². The molecule has 0 N–H and O–H groups in total. The molecular weight excluding hydrogens is 255 g/mol.